The number of Topliss-reactive ketones (excluding diaryl/α,β-unsaturated/α-hetero) is 1. The number of carbonyl (C=O) groups is 1. The van der Waals surface area contributed by atoms with Gasteiger partial charge >= 0.3 is 0 Å². The molecule has 0 atom stereocenters. The van der Waals surface area contributed by atoms with Crippen molar-refractivity contribution in [1.82, 2.24) is 0 Å². The van der Waals surface area contributed by atoms with E-state index in [1.165, 1.54) is 0 Å². The molecule has 0 fully saturated rings. The van der Waals surface area contributed by atoms with Crippen molar-refractivity contribution >= 4 is 27.3 Å². The highest BCUT2D eigenvalue weighted by Crippen LogP contribution is 2.34. The normalized spacial score (nSPS) is 15.3. The molecule has 1 aliphatic rings. The molecule has 0 saturated heterocycles. The number of halogens is 1. The highest BCUT2D eigenvalue weighted by Gasteiger charge is 2.24. The van der Waals surface area contributed by atoms with Crippen LogP contribution in [-0.2, 0) is 0 Å². The molecule has 1 aliphatic carbocycles. The van der Waals surface area contributed by atoms with Crippen molar-refractivity contribution in [3.63, 3.8) is 0 Å². The van der Waals surface area contributed by atoms with Crippen LogP contribution in [0.2, 0.25) is 0 Å². The van der Waals surface area contributed by atoms with Gasteiger partial charge in [-0.3, -0.25) is 4.79 Å². The molecule has 2 heteroatoms. The summed E-state index contributed by atoms with van der Waals surface area (Å²) in [4.78, 5) is 11.5. The Labute approximate surface area is 79.2 Å². The molecule has 12 heavy (non-hydrogen) atoms. The average molecular weight is 223 g/mol. The molecular weight excluding hydrogens is 216 g/mol. The molecule has 1 aromatic rings. The lowest BCUT2D eigenvalue weighted by Crippen LogP contribution is -1.92. The molecule has 2 rings (SSSR count). The summed E-state index contributed by atoms with van der Waals surface area (Å²) in [5, 5.41) is 0. The van der Waals surface area contributed by atoms with Gasteiger partial charge in [-0.1, -0.05) is 24.3 Å². The van der Waals surface area contributed by atoms with Crippen LogP contribution in [0.3, 0.4) is 0 Å². The first-order valence-corrected chi connectivity index (χ1v) is 4.51. The maximum atomic E-state index is 11.5. The van der Waals surface area contributed by atoms with Gasteiger partial charge in [0.15, 0.2) is 0 Å². The van der Waals surface area contributed by atoms with E-state index in [9.17, 15) is 4.79 Å². The van der Waals surface area contributed by atoms with E-state index in [1.54, 1.807) is 0 Å². The van der Waals surface area contributed by atoms with Gasteiger partial charge in [0.05, 0.1) is 4.48 Å². The van der Waals surface area contributed by atoms with Crippen molar-refractivity contribution in [1.29, 1.82) is 0 Å². The summed E-state index contributed by atoms with van der Waals surface area (Å²) in [6, 6.07) is 7.66. The summed E-state index contributed by atoms with van der Waals surface area (Å²) in [6.45, 7) is 1.95. The standard InChI is InChI=1S/C10H7BrO/c1-6-7-4-2-3-5-8(7)10(12)9(6)11/h2-5H,1H3. The summed E-state index contributed by atoms with van der Waals surface area (Å²) in [5.41, 5.74) is 2.90. The fourth-order valence-electron chi connectivity index (χ4n) is 1.41. The zero-order valence-electron chi connectivity index (χ0n) is 6.60. The molecule has 0 aliphatic heterocycles. The largest absolute Gasteiger partial charge is 0.288 e. The topological polar surface area (TPSA) is 17.1 Å². The van der Waals surface area contributed by atoms with Crippen molar-refractivity contribution < 1.29 is 4.79 Å². The number of allylic oxidation sites excluding steroid dienone is 2. The van der Waals surface area contributed by atoms with Crippen LogP contribution < -0.4 is 0 Å². The van der Waals surface area contributed by atoms with Gasteiger partial charge in [-0.2, -0.15) is 0 Å². The van der Waals surface area contributed by atoms with E-state index < -0.39 is 0 Å². The monoisotopic (exact) mass is 222 g/mol. The number of hydrogen-bond acceptors (Lipinski definition) is 1. The molecule has 0 saturated carbocycles. The number of fused-ring (bicyclic) bond motifs is 1. The van der Waals surface area contributed by atoms with Crippen LogP contribution in [0.1, 0.15) is 22.8 Å². The third kappa shape index (κ3) is 0.879. The Morgan fingerprint density at radius 2 is 1.75 bits per heavy atom. The third-order valence-electron chi connectivity index (χ3n) is 2.10. The third-order valence-corrected chi connectivity index (χ3v) is 3.06. The van der Waals surface area contributed by atoms with Gasteiger partial charge in [0.25, 0.3) is 0 Å². The summed E-state index contributed by atoms with van der Waals surface area (Å²) in [6.07, 6.45) is 0. The Kier molecular flexibility index (Phi) is 1.65. The fourth-order valence-corrected chi connectivity index (χ4v) is 1.84. The van der Waals surface area contributed by atoms with Crippen LogP contribution in [0.25, 0.3) is 5.57 Å². The zero-order valence-corrected chi connectivity index (χ0v) is 8.18. The Balaban J connectivity index is 2.73. The van der Waals surface area contributed by atoms with Gasteiger partial charge in [0.2, 0.25) is 5.78 Å². The van der Waals surface area contributed by atoms with Crippen LogP contribution in [-0.4, -0.2) is 5.78 Å². The summed E-state index contributed by atoms with van der Waals surface area (Å²) in [5.74, 6) is 0.100. The van der Waals surface area contributed by atoms with Gasteiger partial charge in [0, 0.05) is 5.56 Å². The first-order valence-electron chi connectivity index (χ1n) is 3.72. The molecule has 0 bridgehead atoms. The van der Waals surface area contributed by atoms with Crippen molar-refractivity contribution in [3.8, 4) is 0 Å². The predicted molar refractivity (Wildman–Crippen MR) is 52.3 cm³/mol. The molecule has 0 amide bonds. The van der Waals surface area contributed by atoms with Gasteiger partial charge in [-0.05, 0) is 34.0 Å². The smallest absolute Gasteiger partial charge is 0.200 e. The van der Waals surface area contributed by atoms with E-state index in [4.69, 9.17) is 0 Å². The Morgan fingerprint density at radius 1 is 1.17 bits per heavy atom. The number of rotatable bonds is 0. The van der Waals surface area contributed by atoms with Crippen LogP contribution in [0.15, 0.2) is 28.7 Å². The second-order valence-electron chi connectivity index (χ2n) is 2.81. The van der Waals surface area contributed by atoms with Gasteiger partial charge in [-0.15, -0.1) is 0 Å². The lowest BCUT2D eigenvalue weighted by atomic mass is 10.1. The average Bonchev–Trinajstić information content (AvgIpc) is 2.33. The Morgan fingerprint density at radius 3 is 2.33 bits per heavy atom. The highest BCUT2D eigenvalue weighted by molar-refractivity contribution is 9.12. The molecule has 1 nitrogen and oxygen atoms in total. The van der Waals surface area contributed by atoms with Crippen molar-refractivity contribution in [3.05, 3.63) is 39.9 Å². The minimum Gasteiger partial charge on any atom is -0.288 e. The first kappa shape index (κ1) is 7.74. The summed E-state index contributed by atoms with van der Waals surface area (Å²) < 4.78 is 0.698. The van der Waals surface area contributed by atoms with E-state index in [0.29, 0.717) is 4.48 Å². The molecule has 0 aromatic heterocycles. The van der Waals surface area contributed by atoms with Gasteiger partial charge < -0.3 is 0 Å². The molecule has 60 valence electrons. The van der Waals surface area contributed by atoms with Crippen LogP contribution >= 0.6 is 15.9 Å². The minimum atomic E-state index is 0.100. The molecular formula is C10H7BrO. The molecule has 1 aromatic carbocycles. The summed E-state index contributed by atoms with van der Waals surface area (Å²) >= 11 is 3.28. The van der Waals surface area contributed by atoms with E-state index >= 15 is 0 Å². The van der Waals surface area contributed by atoms with Crippen LogP contribution in [0.4, 0.5) is 0 Å². The number of ketones is 1. The van der Waals surface area contributed by atoms with Crippen molar-refractivity contribution in [2.45, 2.75) is 6.92 Å². The predicted octanol–water partition coefficient (Wildman–Crippen LogP) is 3.01. The summed E-state index contributed by atoms with van der Waals surface area (Å²) in [7, 11) is 0. The lowest BCUT2D eigenvalue weighted by Gasteiger charge is -1.96. The maximum Gasteiger partial charge on any atom is 0.200 e. The van der Waals surface area contributed by atoms with E-state index in [2.05, 4.69) is 15.9 Å². The number of hydrogen-bond donors (Lipinski definition) is 0. The van der Waals surface area contributed by atoms with E-state index in [0.717, 1.165) is 16.7 Å². The molecule has 0 N–H and O–H groups in total. The first-order chi connectivity index (χ1) is 5.72. The lowest BCUT2D eigenvalue weighted by molar-refractivity contribution is 0.104. The minimum absolute atomic E-state index is 0.100. The number of carbonyl (C=O) groups excluding carboxylic acids is 1. The van der Waals surface area contributed by atoms with Gasteiger partial charge in [0.1, 0.15) is 0 Å². The molecule has 0 unspecified atom stereocenters. The van der Waals surface area contributed by atoms with Crippen LogP contribution in [0, 0.1) is 0 Å². The Hall–Kier alpha value is -0.890. The van der Waals surface area contributed by atoms with E-state index in [1.807, 2.05) is 31.2 Å². The van der Waals surface area contributed by atoms with Gasteiger partial charge in [-0.25, -0.2) is 0 Å². The highest BCUT2D eigenvalue weighted by atomic mass is 79.9. The quantitative estimate of drug-likeness (QED) is 0.660. The molecule has 0 heterocycles. The fraction of sp³-hybridized carbons (Fsp3) is 0.100. The van der Waals surface area contributed by atoms with Crippen molar-refractivity contribution in [2.75, 3.05) is 0 Å². The second kappa shape index (κ2) is 2.56. The molecule has 0 spiro atoms. The van der Waals surface area contributed by atoms with E-state index in [-0.39, 0.29) is 5.78 Å². The SMILES string of the molecule is CC1=C(Br)C(=O)c2ccccc21. The Bertz CT molecular complexity index is 391. The number of benzene rings is 1. The molecule has 0 radical (unpaired) electrons. The van der Waals surface area contributed by atoms with Crippen LogP contribution in [0.5, 0.6) is 0 Å². The zero-order chi connectivity index (χ0) is 8.72. The van der Waals surface area contributed by atoms with Crippen molar-refractivity contribution in [2.24, 2.45) is 0 Å². The second-order valence-corrected chi connectivity index (χ2v) is 3.61. The maximum absolute atomic E-state index is 11.5.